The second-order valence-corrected chi connectivity index (χ2v) is 5.43. The van der Waals surface area contributed by atoms with Crippen molar-refractivity contribution in [1.82, 2.24) is 4.90 Å². The summed E-state index contributed by atoms with van der Waals surface area (Å²) in [4.78, 5) is 2.03. The predicted octanol–water partition coefficient (Wildman–Crippen LogP) is 2.80. The van der Waals surface area contributed by atoms with E-state index in [-0.39, 0.29) is 12.0 Å². The zero-order chi connectivity index (χ0) is 10.8. The maximum Gasteiger partial charge on any atom is 0.144 e. The lowest BCUT2D eigenvalue weighted by molar-refractivity contribution is 0.0541. The van der Waals surface area contributed by atoms with Gasteiger partial charge in [0.1, 0.15) is 12.3 Å². The smallest absolute Gasteiger partial charge is 0.144 e. The Bertz CT molecular complexity index is 177. The standard InChI is InChI=1S/C11H21F2N/c1-11(2,3)5-7-14-6-4-9(12)10(13)8-14/h9-10H,4-8H2,1-3H3. The first-order valence-corrected chi connectivity index (χ1v) is 5.39. The van der Waals surface area contributed by atoms with Gasteiger partial charge < -0.3 is 4.90 Å². The van der Waals surface area contributed by atoms with Crippen LogP contribution in [0, 0.1) is 5.41 Å². The minimum absolute atomic E-state index is 0.275. The molecule has 0 saturated carbocycles. The van der Waals surface area contributed by atoms with Gasteiger partial charge in [0.2, 0.25) is 0 Å². The Hall–Kier alpha value is -0.180. The van der Waals surface area contributed by atoms with E-state index in [1.165, 1.54) is 0 Å². The third-order valence-electron chi connectivity index (χ3n) is 2.72. The molecule has 0 aliphatic carbocycles. The van der Waals surface area contributed by atoms with Crippen LogP contribution < -0.4 is 0 Å². The van der Waals surface area contributed by atoms with Crippen LogP contribution in [0.25, 0.3) is 0 Å². The van der Waals surface area contributed by atoms with Crippen molar-refractivity contribution < 1.29 is 8.78 Å². The molecule has 1 saturated heterocycles. The maximum atomic E-state index is 13.0. The molecule has 2 unspecified atom stereocenters. The zero-order valence-electron chi connectivity index (χ0n) is 9.39. The maximum absolute atomic E-state index is 13.0. The number of nitrogens with zero attached hydrogens (tertiary/aromatic N) is 1. The van der Waals surface area contributed by atoms with Gasteiger partial charge in [-0.1, -0.05) is 20.8 Å². The molecule has 0 bridgehead atoms. The molecule has 0 spiro atoms. The molecule has 84 valence electrons. The number of hydrogen-bond donors (Lipinski definition) is 0. The second kappa shape index (κ2) is 4.56. The van der Waals surface area contributed by atoms with Crippen LogP contribution in [0.1, 0.15) is 33.6 Å². The number of alkyl halides is 2. The van der Waals surface area contributed by atoms with Crippen molar-refractivity contribution >= 4 is 0 Å². The van der Waals surface area contributed by atoms with Gasteiger partial charge in [0.25, 0.3) is 0 Å². The zero-order valence-corrected chi connectivity index (χ0v) is 9.39. The third-order valence-corrected chi connectivity index (χ3v) is 2.72. The lowest BCUT2D eigenvalue weighted by Gasteiger charge is -2.32. The fraction of sp³-hybridized carbons (Fsp3) is 1.00. The van der Waals surface area contributed by atoms with Crippen molar-refractivity contribution in [3.8, 4) is 0 Å². The summed E-state index contributed by atoms with van der Waals surface area (Å²) in [6.07, 6.45) is -1.12. The molecule has 1 aliphatic rings. The van der Waals surface area contributed by atoms with Crippen molar-refractivity contribution in [2.24, 2.45) is 5.41 Å². The molecule has 1 fully saturated rings. The average Bonchev–Trinajstić information content (AvgIpc) is 2.06. The monoisotopic (exact) mass is 205 g/mol. The molecule has 0 aromatic carbocycles. The van der Waals surface area contributed by atoms with Crippen LogP contribution in [-0.2, 0) is 0 Å². The highest BCUT2D eigenvalue weighted by Gasteiger charge is 2.29. The van der Waals surface area contributed by atoms with Crippen LogP contribution in [0.2, 0.25) is 0 Å². The van der Waals surface area contributed by atoms with E-state index in [4.69, 9.17) is 0 Å². The first kappa shape index (κ1) is 11.9. The molecule has 1 aliphatic heterocycles. The molecular formula is C11H21F2N. The van der Waals surface area contributed by atoms with Gasteiger partial charge in [-0.05, 0) is 24.8 Å². The summed E-state index contributed by atoms with van der Waals surface area (Å²) < 4.78 is 25.9. The summed E-state index contributed by atoms with van der Waals surface area (Å²) >= 11 is 0. The average molecular weight is 205 g/mol. The summed E-state index contributed by atoms with van der Waals surface area (Å²) in [6.45, 7) is 8.37. The highest BCUT2D eigenvalue weighted by molar-refractivity contribution is 4.80. The molecular weight excluding hydrogens is 184 g/mol. The van der Waals surface area contributed by atoms with Crippen LogP contribution in [0.3, 0.4) is 0 Å². The van der Waals surface area contributed by atoms with Crippen LogP contribution in [-0.4, -0.2) is 36.9 Å². The molecule has 0 amide bonds. The Morgan fingerprint density at radius 2 is 1.86 bits per heavy atom. The SMILES string of the molecule is CC(C)(C)CCN1CCC(F)C(F)C1. The molecule has 1 rings (SSSR count). The van der Waals surface area contributed by atoms with Crippen molar-refractivity contribution in [3.05, 3.63) is 0 Å². The van der Waals surface area contributed by atoms with Gasteiger partial charge in [-0.2, -0.15) is 0 Å². The largest absolute Gasteiger partial charge is 0.300 e. The van der Waals surface area contributed by atoms with Gasteiger partial charge in [0.05, 0.1) is 0 Å². The molecule has 14 heavy (non-hydrogen) atoms. The highest BCUT2D eigenvalue weighted by atomic mass is 19.2. The summed E-state index contributed by atoms with van der Waals surface area (Å²) in [6, 6.07) is 0. The van der Waals surface area contributed by atoms with Gasteiger partial charge in [0, 0.05) is 13.1 Å². The van der Waals surface area contributed by atoms with E-state index >= 15 is 0 Å². The second-order valence-electron chi connectivity index (χ2n) is 5.43. The fourth-order valence-corrected chi connectivity index (χ4v) is 1.64. The first-order chi connectivity index (χ1) is 6.38. The predicted molar refractivity (Wildman–Crippen MR) is 54.9 cm³/mol. The van der Waals surface area contributed by atoms with Crippen molar-refractivity contribution in [1.29, 1.82) is 0 Å². The highest BCUT2D eigenvalue weighted by Crippen LogP contribution is 2.22. The molecule has 1 heterocycles. The Kier molecular flexibility index (Phi) is 3.87. The molecule has 0 N–H and O–H groups in total. The lowest BCUT2D eigenvalue weighted by atomic mass is 9.91. The van der Waals surface area contributed by atoms with E-state index in [1.807, 2.05) is 4.90 Å². The number of piperidine rings is 1. The quantitative estimate of drug-likeness (QED) is 0.670. The molecule has 0 aromatic rings. The van der Waals surface area contributed by atoms with Crippen LogP contribution in [0.5, 0.6) is 0 Å². The van der Waals surface area contributed by atoms with Gasteiger partial charge >= 0.3 is 0 Å². The molecule has 3 heteroatoms. The van der Waals surface area contributed by atoms with Crippen molar-refractivity contribution in [2.75, 3.05) is 19.6 Å². The van der Waals surface area contributed by atoms with Gasteiger partial charge in [0.15, 0.2) is 0 Å². The molecule has 1 nitrogen and oxygen atoms in total. The van der Waals surface area contributed by atoms with Crippen LogP contribution in [0.15, 0.2) is 0 Å². The first-order valence-electron chi connectivity index (χ1n) is 5.39. The van der Waals surface area contributed by atoms with E-state index < -0.39 is 12.3 Å². The summed E-state index contributed by atoms with van der Waals surface area (Å²) in [5.41, 5.74) is 0.276. The summed E-state index contributed by atoms with van der Waals surface area (Å²) in [5, 5.41) is 0. The Labute approximate surface area is 85.5 Å². The van der Waals surface area contributed by atoms with Crippen LogP contribution in [0.4, 0.5) is 8.78 Å². The fourth-order valence-electron chi connectivity index (χ4n) is 1.64. The number of hydrogen-bond acceptors (Lipinski definition) is 1. The van der Waals surface area contributed by atoms with E-state index in [2.05, 4.69) is 20.8 Å². The molecule has 0 radical (unpaired) electrons. The topological polar surface area (TPSA) is 3.24 Å². The van der Waals surface area contributed by atoms with Crippen molar-refractivity contribution in [2.45, 2.75) is 46.0 Å². The van der Waals surface area contributed by atoms with Crippen LogP contribution >= 0.6 is 0 Å². The Morgan fingerprint density at radius 3 is 2.36 bits per heavy atom. The third kappa shape index (κ3) is 3.91. The number of likely N-dealkylation sites (tertiary alicyclic amines) is 1. The van der Waals surface area contributed by atoms with Gasteiger partial charge in [-0.25, -0.2) is 8.78 Å². The lowest BCUT2D eigenvalue weighted by Crippen LogP contribution is -2.43. The van der Waals surface area contributed by atoms with E-state index in [0.29, 0.717) is 13.0 Å². The van der Waals surface area contributed by atoms with E-state index in [1.54, 1.807) is 0 Å². The van der Waals surface area contributed by atoms with Gasteiger partial charge in [-0.15, -0.1) is 0 Å². The van der Waals surface area contributed by atoms with E-state index in [9.17, 15) is 8.78 Å². The minimum atomic E-state index is -1.27. The summed E-state index contributed by atoms with van der Waals surface area (Å²) in [7, 11) is 0. The van der Waals surface area contributed by atoms with E-state index in [0.717, 1.165) is 13.0 Å². The van der Waals surface area contributed by atoms with Crippen molar-refractivity contribution in [3.63, 3.8) is 0 Å². The van der Waals surface area contributed by atoms with Gasteiger partial charge in [-0.3, -0.25) is 0 Å². The minimum Gasteiger partial charge on any atom is -0.300 e. The Morgan fingerprint density at radius 1 is 1.21 bits per heavy atom. The Balaban J connectivity index is 2.27. The summed E-state index contributed by atoms with van der Waals surface area (Å²) in [5.74, 6) is 0. The molecule has 2 atom stereocenters. The number of rotatable bonds is 2. The molecule has 0 aromatic heterocycles. The normalized spacial score (nSPS) is 30.6. The number of halogens is 2.